The highest BCUT2D eigenvalue weighted by Crippen LogP contribution is 2.54. The number of hydrogen-bond donors (Lipinski definition) is 2. The Morgan fingerprint density at radius 2 is 2.07 bits per heavy atom. The first-order valence-corrected chi connectivity index (χ1v) is 9.54. The first-order valence-electron chi connectivity index (χ1n) is 9.54. The van der Waals surface area contributed by atoms with Gasteiger partial charge in [0.05, 0.1) is 11.6 Å². The number of ether oxygens (including phenoxy) is 3. The molecule has 148 valence electrons. The molecule has 0 bridgehead atoms. The first kappa shape index (κ1) is 18.6. The summed E-state index contributed by atoms with van der Waals surface area (Å²) in [5.41, 5.74) is 7.97. The van der Waals surface area contributed by atoms with Gasteiger partial charge in [0.2, 0.25) is 0 Å². The van der Waals surface area contributed by atoms with Crippen LogP contribution < -0.4 is 5.73 Å². The number of nitrogens with zero attached hydrogens (tertiary/aromatic N) is 3. The maximum absolute atomic E-state index is 9.24. The average molecular weight is 376 g/mol. The largest absolute Gasteiger partial charge is 0.396 e. The van der Waals surface area contributed by atoms with Gasteiger partial charge in [0.15, 0.2) is 11.6 Å². The zero-order valence-corrected chi connectivity index (χ0v) is 16.3. The minimum Gasteiger partial charge on any atom is -0.396 e. The smallest absolute Gasteiger partial charge is 0.164 e. The van der Waals surface area contributed by atoms with E-state index in [1.54, 1.807) is 0 Å². The van der Waals surface area contributed by atoms with Crippen LogP contribution in [0.5, 0.6) is 0 Å². The van der Waals surface area contributed by atoms with Gasteiger partial charge in [-0.1, -0.05) is 6.92 Å². The monoisotopic (exact) mass is 376 g/mol. The van der Waals surface area contributed by atoms with E-state index in [0.29, 0.717) is 18.8 Å². The minimum absolute atomic E-state index is 0.0585. The van der Waals surface area contributed by atoms with Gasteiger partial charge in [-0.3, -0.25) is 0 Å². The number of rotatable bonds is 5. The molecular weight excluding hydrogens is 348 g/mol. The number of hydrogen-bond acceptors (Lipinski definition) is 7. The Labute approximate surface area is 158 Å². The third kappa shape index (κ3) is 2.82. The van der Waals surface area contributed by atoms with Crippen LogP contribution >= 0.6 is 0 Å². The Bertz CT molecular complexity index is 852. The van der Waals surface area contributed by atoms with E-state index in [1.807, 2.05) is 31.5 Å². The van der Waals surface area contributed by atoms with E-state index in [1.165, 1.54) is 6.33 Å². The molecule has 2 aromatic heterocycles. The van der Waals surface area contributed by atoms with Crippen molar-refractivity contribution in [1.82, 2.24) is 14.5 Å². The van der Waals surface area contributed by atoms with Crippen LogP contribution in [0, 0.1) is 0 Å². The molecule has 0 saturated carbocycles. The summed E-state index contributed by atoms with van der Waals surface area (Å²) in [6, 6.07) is 0. The van der Waals surface area contributed by atoms with Crippen LogP contribution in [-0.4, -0.2) is 49.8 Å². The lowest BCUT2D eigenvalue weighted by Crippen LogP contribution is -2.39. The van der Waals surface area contributed by atoms with Gasteiger partial charge in [-0.2, -0.15) is 0 Å². The molecule has 0 amide bonds. The lowest BCUT2D eigenvalue weighted by Gasteiger charge is -2.29. The molecule has 2 saturated heterocycles. The molecule has 8 nitrogen and oxygen atoms in total. The predicted molar refractivity (Wildman–Crippen MR) is 100.0 cm³/mol. The molecule has 2 aliphatic rings. The molecule has 2 aliphatic heterocycles. The van der Waals surface area contributed by atoms with Gasteiger partial charge in [-0.05, 0) is 33.6 Å². The molecule has 0 spiro atoms. The normalized spacial score (nSPS) is 32.3. The predicted octanol–water partition coefficient (Wildman–Crippen LogP) is 2.16. The summed E-state index contributed by atoms with van der Waals surface area (Å²) in [4.78, 5) is 8.64. The van der Waals surface area contributed by atoms with E-state index in [2.05, 4.69) is 16.9 Å². The molecule has 0 aliphatic carbocycles. The average Bonchev–Trinajstić information content (AvgIpc) is 3.18. The Morgan fingerprint density at radius 3 is 2.78 bits per heavy atom. The maximum Gasteiger partial charge on any atom is 0.164 e. The molecule has 4 heterocycles. The van der Waals surface area contributed by atoms with E-state index < -0.39 is 11.4 Å². The van der Waals surface area contributed by atoms with Gasteiger partial charge in [0, 0.05) is 24.9 Å². The van der Waals surface area contributed by atoms with Gasteiger partial charge < -0.3 is 29.6 Å². The number of aromatic nitrogens is 3. The Balaban J connectivity index is 1.83. The summed E-state index contributed by atoms with van der Waals surface area (Å²) in [5, 5.41) is 9.24. The zero-order valence-electron chi connectivity index (χ0n) is 16.3. The molecule has 0 aromatic carbocycles. The van der Waals surface area contributed by atoms with Crippen molar-refractivity contribution in [1.29, 1.82) is 0 Å². The first-order chi connectivity index (χ1) is 12.8. The van der Waals surface area contributed by atoms with Crippen LogP contribution in [0.25, 0.3) is 11.0 Å². The standard InChI is InChI=1S/C19H28N4O4/c1-5-12-16-19(4,27-18(2,3)26-16)15(25-12)11-9-23(7-6-8-24)14-13(11)21-10-22-17(14)20/h9-10,12,15-16,24H,5-8H2,1-4H3,(H2,20,21,22)/t12-,15+,16-,19+/m1/s1. The van der Waals surface area contributed by atoms with Crippen molar-refractivity contribution >= 4 is 16.9 Å². The molecule has 4 rings (SSSR count). The topological polar surface area (TPSA) is 105 Å². The summed E-state index contributed by atoms with van der Waals surface area (Å²) >= 11 is 0. The van der Waals surface area contributed by atoms with Crippen LogP contribution in [0.1, 0.15) is 52.2 Å². The van der Waals surface area contributed by atoms with Crippen LogP contribution in [0.15, 0.2) is 12.5 Å². The molecule has 0 unspecified atom stereocenters. The second-order valence-corrected chi connectivity index (χ2v) is 8.00. The van der Waals surface area contributed by atoms with Gasteiger partial charge in [-0.15, -0.1) is 0 Å². The highest BCUT2D eigenvalue weighted by Gasteiger charge is 2.63. The van der Waals surface area contributed by atoms with Crippen LogP contribution in [0.2, 0.25) is 0 Å². The Kier molecular flexibility index (Phi) is 4.42. The molecule has 0 radical (unpaired) electrons. The molecule has 8 heteroatoms. The minimum atomic E-state index is -0.669. The van der Waals surface area contributed by atoms with Gasteiger partial charge >= 0.3 is 0 Å². The summed E-state index contributed by atoms with van der Waals surface area (Å²) < 4.78 is 21.0. The summed E-state index contributed by atoms with van der Waals surface area (Å²) in [7, 11) is 0. The van der Waals surface area contributed by atoms with Crippen LogP contribution in [0.3, 0.4) is 0 Å². The second-order valence-electron chi connectivity index (χ2n) is 8.00. The highest BCUT2D eigenvalue weighted by molar-refractivity contribution is 5.88. The summed E-state index contributed by atoms with van der Waals surface area (Å²) in [6.07, 6.45) is 4.38. The molecule has 3 N–H and O–H groups in total. The zero-order chi connectivity index (χ0) is 19.4. The van der Waals surface area contributed by atoms with E-state index in [9.17, 15) is 5.11 Å². The quantitative estimate of drug-likeness (QED) is 0.824. The number of anilines is 1. The number of aliphatic hydroxyl groups is 1. The number of nitrogens with two attached hydrogens (primary N) is 1. The van der Waals surface area contributed by atoms with E-state index >= 15 is 0 Å². The SMILES string of the molecule is CC[C@H]1O[C@@H](c2cn(CCCO)c3c(N)ncnc23)[C@]2(C)OC(C)(C)O[C@H]12. The lowest BCUT2D eigenvalue weighted by molar-refractivity contribution is -0.204. The second kappa shape index (κ2) is 6.41. The van der Waals surface area contributed by atoms with Gasteiger partial charge in [0.1, 0.15) is 29.7 Å². The highest BCUT2D eigenvalue weighted by atomic mass is 16.8. The van der Waals surface area contributed by atoms with Crippen molar-refractivity contribution in [2.45, 2.75) is 76.8 Å². The fraction of sp³-hybridized carbons (Fsp3) is 0.684. The van der Waals surface area contributed by atoms with Crippen molar-refractivity contribution in [2.24, 2.45) is 0 Å². The fourth-order valence-corrected chi connectivity index (χ4v) is 4.55. The van der Waals surface area contributed by atoms with Crippen molar-refractivity contribution in [3.63, 3.8) is 0 Å². The van der Waals surface area contributed by atoms with Crippen molar-refractivity contribution in [2.75, 3.05) is 12.3 Å². The van der Waals surface area contributed by atoms with Crippen molar-refractivity contribution in [3.05, 3.63) is 18.1 Å². The third-order valence-corrected chi connectivity index (χ3v) is 5.56. The Hall–Kier alpha value is -1.74. The Morgan fingerprint density at radius 1 is 1.30 bits per heavy atom. The summed E-state index contributed by atoms with van der Waals surface area (Å²) in [5.74, 6) is -0.252. The van der Waals surface area contributed by atoms with Crippen LogP contribution in [0.4, 0.5) is 5.82 Å². The molecule has 27 heavy (non-hydrogen) atoms. The maximum atomic E-state index is 9.24. The third-order valence-electron chi connectivity index (χ3n) is 5.56. The lowest BCUT2D eigenvalue weighted by atomic mass is 9.89. The van der Waals surface area contributed by atoms with Crippen LogP contribution in [-0.2, 0) is 20.8 Å². The van der Waals surface area contributed by atoms with E-state index in [-0.39, 0.29) is 24.9 Å². The summed E-state index contributed by atoms with van der Waals surface area (Å²) in [6.45, 7) is 8.74. The molecule has 4 atom stereocenters. The van der Waals surface area contributed by atoms with E-state index in [0.717, 1.165) is 23.0 Å². The van der Waals surface area contributed by atoms with Gasteiger partial charge in [-0.25, -0.2) is 9.97 Å². The number of aliphatic hydroxyl groups excluding tert-OH is 1. The van der Waals surface area contributed by atoms with E-state index in [4.69, 9.17) is 19.9 Å². The molecule has 2 aromatic rings. The number of aryl methyl sites for hydroxylation is 1. The molecule has 2 fully saturated rings. The van der Waals surface area contributed by atoms with Crippen molar-refractivity contribution in [3.8, 4) is 0 Å². The van der Waals surface area contributed by atoms with Gasteiger partial charge in [0.25, 0.3) is 0 Å². The number of nitrogen functional groups attached to an aromatic ring is 1. The van der Waals surface area contributed by atoms with Crippen molar-refractivity contribution < 1.29 is 19.3 Å². The molecular formula is C19H28N4O4. The fourth-order valence-electron chi connectivity index (χ4n) is 4.55. The number of fused-ring (bicyclic) bond motifs is 2.